The van der Waals surface area contributed by atoms with Crippen molar-refractivity contribution in [3.63, 3.8) is 0 Å². The van der Waals surface area contributed by atoms with E-state index in [9.17, 15) is 0 Å². The molecular weight excluding hydrogens is 506 g/mol. The lowest BCUT2D eigenvalue weighted by Gasteiger charge is -2.29. The molecule has 1 atom stereocenters. The monoisotopic (exact) mass is 541 g/mol. The molecule has 0 N–H and O–H groups in total. The molecule has 204 valence electrons. The van der Waals surface area contributed by atoms with E-state index in [0.717, 1.165) is 12.8 Å². The summed E-state index contributed by atoms with van der Waals surface area (Å²) in [5.74, 6) is 0.419. The first-order chi connectivity index (χ1) is 20.5. The van der Waals surface area contributed by atoms with Crippen molar-refractivity contribution in [1.29, 1.82) is 0 Å². The van der Waals surface area contributed by atoms with Gasteiger partial charge in [-0.05, 0) is 105 Å². The van der Waals surface area contributed by atoms with Gasteiger partial charge in [-0.1, -0.05) is 112 Å². The summed E-state index contributed by atoms with van der Waals surface area (Å²) in [5, 5.41) is 0. The fourth-order valence-electron chi connectivity index (χ4n) is 7.54. The highest BCUT2D eigenvalue weighted by Crippen LogP contribution is 2.52. The van der Waals surface area contributed by atoms with Crippen LogP contribution in [0.2, 0.25) is 0 Å². The van der Waals surface area contributed by atoms with E-state index in [1.807, 2.05) is 0 Å². The standard InChI is InChI=1S/C41H35N/c1-27-33-13-7-8-14-34(33)35-23-21-31(25-38(27)35)42(30-19-17-29(18-20-30)28-11-5-4-6-12-28)32-22-24-37-36-15-9-10-16-39(36)41(2,3)40(37)26-32/h4-6,9-27H,7-8H2,1-3H3. The number of rotatable bonds is 4. The van der Waals surface area contributed by atoms with Crippen molar-refractivity contribution < 1.29 is 0 Å². The molecule has 0 bridgehead atoms. The topological polar surface area (TPSA) is 3.24 Å². The molecule has 0 saturated carbocycles. The molecule has 0 heterocycles. The quantitative estimate of drug-likeness (QED) is 0.219. The Labute approximate surface area is 249 Å². The van der Waals surface area contributed by atoms with Crippen molar-refractivity contribution in [3.8, 4) is 22.3 Å². The summed E-state index contributed by atoms with van der Waals surface area (Å²) in [7, 11) is 0. The van der Waals surface area contributed by atoms with Crippen LogP contribution in [0.25, 0.3) is 27.8 Å². The molecule has 1 unspecified atom stereocenters. The highest BCUT2D eigenvalue weighted by atomic mass is 15.1. The molecule has 3 aliphatic rings. The van der Waals surface area contributed by atoms with Crippen LogP contribution >= 0.6 is 0 Å². The molecule has 3 aliphatic carbocycles. The number of anilines is 3. The SMILES string of the molecule is CC1C2=CCCC=C2c2ccc(N(c3ccc(-c4ccccc4)cc3)c3ccc4c(c3)C(C)(C)c3ccccc3-4)cc21. The molecule has 8 rings (SSSR count). The van der Waals surface area contributed by atoms with Crippen molar-refractivity contribution in [2.75, 3.05) is 4.90 Å². The van der Waals surface area contributed by atoms with Gasteiger partial charge >= 0.3 is 0 Å². The van der Waals surface area contributed by atoms with Gasteiger partial charge in [-0.25, -0.2) is 0 Å². The number of fused-ring (bicyclic) bond motifs is 6. The van der Waals surface area contributed by atoms with Crippen LogP contribution in [0, 0.1) is 0 Å². The van der Waals surface area contributed by atoms with Gasteiger partial charge in [0.2, 0.25) is 0 Å². The molecule has 0 aliphatic heterocycles. The van der Waals surface area contributed by atoms with Crippen LogP contribution in [0.3, 0.4) is 0 Å². The maximum Gasteiger partial charge on any atom is 0.0465 e. The Bertz CT molecular complexity index is 1900. The van der Waals surface area contributed by atoms with Crippen molar-refractivity contribution >= 4 is 22.6 Å². The van der Waals surface area contributed by atoms with E-state index in [1.54, 1.807) is 0 Å². The third-order valence-electron chi connectivity index (χ3n) is 9.76. The van der Waals surface area contributed by atoms with Gasteiger partial charge in [0.1, 0.15) is 0 Å². The summed E-state index contributed by atoms with van der Waals surface area (Å²) in [5.41, 5.74) is 17.3. The van der Waals surface area contributed by atoms with Crippen LogP contribution in [-0.4, -0.2) is 0 Å². The molecule has 42 heavy (non-hydrogen) atoms. The average Bonchev–Trinajstić information content (AvgIpc) is 3.45. The average molecular weight is 542 g/mol. The first-order valence-corrected chi connectivity index (χ1v) is 15.3. The Morgan fingerprint density at radius 2 is 1.19 bits per heavy atom. The lowest BCUT2D eigenvalue weighted by molar-refractivity contribution is 0.660. The molecule has 0 radical (unpaired) electrons. The highest BCUT2D eigenvalue weighted by molar-refractivity contribution is 5.91. The lowest BCUT2D eigenvalue weighted by Crippen LogP contribution is -2.16. The Kier molecular flexibility index (Phi) is 5.66. The zero-order valence-corrected chi connectivity index (χ0v) is 24.6. The summed E-state index contributed by atoms with van der Waals surface area (Å²) in [6.07, 6.45) is 7.19. The summed E-state index contributed by atoms with van der Waals surface area (Å²) in [6.45, 7) is 7.09. The number of allylic oxidation sites excluding steroid dienone is 4. The first kappa shape index (κ1) is 25.1. The van der Waals surface area contributed by atoms with Gasteiger partial charge in [0, 0.05) is 28.4 Å². The third kappa shape index (κ3) is 3.77. The fourth-order valence-corrected chi connectivity index (χ4v) is 7.54. The number of hydrogen-bond acceptors (Lipinski definition) is 1. The van der Waals surface area contributed by atoms with E-state index in [0.29, 0.717) is 5.92 Å². The minimum Gasteiger partial charge on any atom is -0.310 e. The maximum absolute atomic E-state index is 2.46. The maximum atomic E-state index is 2.46. The number of hydrogen-bond donors (Lipinski definition) is 0. The smallest absolute Gasteiger partial charge is 0.0465 e. The van der Waals surface area contributed by atoms with E-state index in [2.05, 4.69) is 153 Å². The summed E-state index contributed by atoms with van der Waals surface area (Å²) >= 11 is 0. The van der Waals surface area contributed by atoms with E-state index in [4.69, 9.17) is 0 Å². The number of nitrogens with zero attached hydrogens (tertiary/aromatic N) is 1. The van der Waals surface area contributed by atoms with E-state index >= 15 is 0 Å². The molecular formula is C41H35N. The van der Waals surface area contributed by atoms with Crippen LogP contribution in [0.1, 0.15) is 61.8 Å². The minimum absolute atomic E-state index is 0.0497. The van der Waals surface area contributed by atoms with Gasteiger partial charge in [0.05, 0.1) is 0 Å². The molecule has 0 saturated heterocycles. The van der Waals surface area contributed by atoms with Crippen molar-refractivity contribution in [2.24, 2.45) is 0 Å². The molecule has 1 heteroatoms. The Morgan fingerprint density at radius 3 is 2.00 bits per heavy atom. The molecule has 0 spiro atoms. The molecule has 5 aromatic carbocycles. The molecule has 0 amide bonds. The fraction of sp³-hybridized carbons (Fsp3) is 0.171. The summed E-state index contributed by atoms with van der Waals surface area (Å²) in [6, 6.07) is 42.8. The predicted octanol–water partition coefficient (Wildman–Crippen LogP) is 11.4. The minimum atomic E-state index is -0.0497. The highest BCUT2D eigenvalue weighted by Gasteiger charge is 2.36. The second-order valence-electron chi connectivity index (χ2n) is 12.5. The van der Waals surface area contributed by atoms with Crippen LogP contribution in [0.15, 0.2) is 133 Å². The largest absolute Gasteiger partial charge is 0.310 e. The van der Waals surface area contributed by atoms with Crippen molar-refractivity contribution in [2.45, 2.75) is 44.9 Å². The van der Waals surface area contributed by atoms with Gasteiger partial charge in [-0.3, -0.25) is 0 Å². The zero-order chi connectivity index (χ0) is 28.4. The zero-order valence-electron chi connectivity index (χ0n) is 24.6. The van der Waals surface area contributed by atoms with Crippen LogP contribution < -0.4 is 4.90 Å². The second-order valence-corrected chi connectivity index (χ2v) is 12.5. The van der Waals surface area contributed by atoms with E-state index in [-0.39, 0.29) is 5.41 Å². The Balaban J connectivity index is 1.28. The van der Waals surface area contributed by atoms with Gasteiger partial charge in [0.25, 0.3) is 0 Å². The molecule has 0 aromatic heterocycles. The molecule has 0 fully saturated rings. The Hall–Kier alpha value is -4.62. The third-order valence-corrected chi connectivity index (χ3v) is 9.76. The van der Waals surface area contributed by atoms with E-state index in [1.165, 1.54) is 72.7 Å². The van der Waals surface area contributed by atoms with Gasteiger partial charge < -0.3 is 4.90 Å². The first-order valence-electron chi connectivity index (χ1n) is 15.3. The van der Waals surface area contributed by atoms with Gasteiger partial charge in [-0.2, -0.15) is 0 Å². The van der Waals surface area contributed by atoms with Gasteiger partial charge in [0.15, 0.2) is 0 Å². The van der Waals surface area contributed by atoms with Crippen LogP contribution in [0.5, 0.6) is 0 Å². The predicted molar refractivity (Wildman–Crippen MR) is 178 cm³/mol. The van der Waals surface area contributed by atoms with Crippen molar-refractivity contribution in [1.82, 2.24) is 0 Å². The van der Waals surface area contributed by atoms with Crippen LogP contribution in [-0.2, 0) is 5.41 Å². The Morgan fingerprint density at radius 1 is 0.571 bits per heavy atom. The summed E-state index contributed by atoms with van der Waals surface area (Å²) < 4.78 is 0. The van der Waals surface area contributed by atoms with Crippen molar-refractivity contribution in [3.05, 3.63) is 155 Å². The molecule has 5 aromatic rings. The second kappa shape index (κ2) is 9.46. The molecule has 1 nitrogen and oxygen atoms in total. The van der Waals surface area contributed by atoms with Gasteiger partial charge in [-0.15, -0.1) is 0 Å². The lowest BCUT2D eigenvalue weighted by atomic mass is 9.82. The van der Waals surface area contributed by atoms with E-state index < -0.39 is 0 Å². The van der Waals surface area contributed by atoms with Crippen LogP contribution in [0.4, 0.5) is 17.1 Å². The summed E-state index contributed by atoms with van der Waals surface area (Å²) in [4.78, 5) is 2.45. The number of benzene rings is 5. The normalized spacial score (nSPS) is 17.5.